The minimum Gasteiger partial charge on any atom is -0.393 e. The summed E-state index contributed by atoms with van der Waals surface area (Å²) in [4.78, 5) is 0.739. The van der Waals surface area contributed by atoms with E-state index in [-0.39, 0.29) is 0 Å². The maximum Gasteiger partial charge on any atom is 0.0759 e. The van der Waals surface area contributed by atoms with Gasteiger partial charge in [-0.1, -0.05) is 12.2 Å². The molecule has 74 valence electrons. The molecule has 13 heavy (non-hydrogen) atoms. The van der Waals surface area contributed by atoms with Crippen molar-refractivity contribution in [2.24, 2.45) is 11.7 Å². The first-order valence-electron chi connectivity index (χ1n) is 4.79. The third-order valence-corrected chi connectivity index (χ3v) is 6.67. The lowest BCUT2D eigenvalue weighted by Gasteiger charge is -2.32. The Bertz CT molecular complexity index is 211. The highest BCUT2D eigenvalue weighted by Gasteiger charge is 2.42. The van der Waals surface area contributed by atoms with Crippen LogP contribution in [0.25, 0.3) is 0 Å². The second-order valence-corrected chi connectivity index (χ2v) is 7.49. The van der Waals surface area contributed by atoms with Gasteiger partial charge in [-0.3, -0.25) is 0 Å². The quantitative estimate of drug-likeness (QED) is 0.704. The van der Waals surface area contributed by atoms with Gasteiger partial charge < -0.3 is 5.73 Å². The number of rotatable bonds is 1. The predicted molar refractivity (Wildman–Crippen MR) is 66.4 cm³/mol. The molecule has 1 atom stereocenters. The van der Waals surface area contributed by atoms with E-state index < -0.39 is 0 Å². The van der Waals surface area contributed by atoms with Crippen molar-refractivity contribution in [1.82, 2.24) is 0 Å². The van der Waals surface area contributed by atoms with Gasteiger partial charge in [-0.2, -0.15) is 0 Å². The van der Waals surface area contributed by atoms with Gasteiger partial charge in [0, 0.05) is 5.92 Å². The third kappa shape index (κ3) is 2.16. The molecule has 1 saturated carbocycles. The molecule has 2 N–H and O–H groups in total. The average molecular weight is 233 g/mol. The van der Waals surface area contributed by atoms with Crippen molar-refractivity contribution in [3.8, 4) is 0 Å². The van der Waals surface area contributed by atoms with Gasteiger partial charge in [0.15, 0.2) is 0 Å². The van der Waals surface area contributed by atoms with Gasteiger partial charge in [0.05, 0.1) is 9.07 Å². The molecule has 2 aliphatic rings. The van der Waals surface area contributed by atoms with Crippen LogP contribution in [0.5, 0.6) is 0 Å². The first kappa shape index (κ1) is 10.1. The van der Waals surface area contributed by atoms with E-state index in [0.717, 1.165) is 4.99 Å². The molecule has 0 unspecified atom stereocenters. The summed E-state index contributed by atoms with van der Waals surface area (Å²) < 4.78 is 0.492. The zero-order valence-electron chi connectivity index (χ0n) is 7.62. The van der Waals surface area contributed by atoms with Crippen LogP contribution in [0.2, 0.25) is 0 Å². The minimum atomic E-state index is 0.492. The van der Waals surface area contributed by atoms with Gasteiger partial charge in [-0.15, -0.1) is 23.5 Å². The number of hydrogen-bond donors (Lipinski definition) is 1. The number of nitrogens with two attached hydrogens (primary N) is 1. The predicted octanol–water partition coefficient (Wildman–Crippen LogP) is 2.64. The van der Waals surface area contributed by atoms with Gasteiger partial charge in [-0.25, -0.2) is 0 Å². The van der Waals surface area contributed by atoms with Crippen molar-refractivity contribution in [3.63, 3.8) is 0 Å². The molecule has 0 aromatic heterocycles. The molecule has 1 nitrogen and oxygen atoms in total. The highest BCUT2D eigenvalue weighted by molar-refractivity contribution is 8.18. The summed E-state index contributed by atoms with van der Waals surface area (Å²) in [6.07, 6.45) is 5.12. The molecule has 0 radical (unpaired) electrons. The van der Waals surface area contributed by atoms with Crippen LogP contribution < -0.4 is 5.73 Å². The lowest BCUT2D eigenvalue weighted by molar-refractivity contribution is 0.728. The first-order valence-corrected chi connectivity index (χ1v) is 7.17. The molecule has 0 amide bonds. The molecule has 2 fully saturated rings. The van der Waals surface area contributed by atoms with Crippen molar-refractivity contribution in [1.29, 1.82) is 0 Å². The summed E-state index contributed by atoms with van der Waals surface area (Å²) in [7, 11) is 0. The fourth-order valence-electron chi connectivity index (χ4n) is 2.10. The molecule has 1 spiro atoms. The van der Waals surface area contributed by atoms with Crippen LogP contribution >= 0.6 is 35.7 Å². The SMILES string of the molecule is NC(=S)[C@@H]1CCC2(C1)SCCCS2. The normalized spacial score (nSPS) is 32.2. The van der Waals surface area contributed by atoms with Crippen LogP contribution in [0.1, 0.15) is 25.7 Å². The Morgan fingerprint density at radius 1 is 1.38 bits per heavy atom. The molecule has 4 heteroatoms. The van der Waals surface area contributed by atoms with Gasteiger partial charge >= 0.3 is 0 Å². The van der Waals surface area contributed by atoms with E-state index in [1.165, 1.54) is 37.2 Å². The number of thioether (sulfide) groups is 2. The van der Waals surface area contributed by atoms with Gasteiger partial charge in [0.25, 0.3) is 0 Å². The maximum absolute atomic E-state index is 5.70. The van der Waals surface area contributed by atoms with Crippen molar-refractivity contribution < 1.29 is 0 Å². The van der Waals surface area contributed by atoms with Crippen LogP contribution in [0.3, 0.4) is 0 Å². The Morgan fingerprint density at radius 2 is 2.08 bits per heavy atom. The van der Waals surface area contributed by atoms with E-state index >= 15 is 0 Å². The van der Waals surface area contributed by atoms with Crippen molar-refractivity contribution in [2.75, 3.05) is 11.5 Å². The Morgan fingerprint density at radius 3 is 2.62 bits per heavy atom. The van der Waals surface area contributed by atoms with E-state index in [1.807, 2.05) is 0 Å². The molecule has 2 rings (SSSR count). The Balaban J connectivity index is 1.98. The molecular formula is C9H15NS3. The van der Waals surface area contributed by atoms with E-state index in [0.29, 0.717) is 10.00 Å². The smallest absolute Gasteiger partial charge is 0.0759 e. The van der Waals surface area contributed by atoms with E-state index in [2.05, 4.69) is 23.5 Å². The maximum atomic E-state index is 5.70. The van der Waals surface area contributed by atoms with E-state index in [4.69, 9.17) is 18.0 Å². The topological polar surface area (TPSA) is 26.0 Å². The summed E-state index contributed by atoms with van der Waals surface area (Å²) in [6.45, 7) is 0. The summed E-state index contributed by atoms with van der Waals surface area (Å²) >= 11 is 9.35. The highest BCUT2D eigenvalue weighted by atomic mass is 32.2. The van der Waals surface area contributed by atoms with Crippen LogP contribution in [0, 0.1) is 5.92 Å². The van der Waals surface area contributed by atoms with Crippen molar-refractivity contribution >= 4 is 40.7 Å². The summed E-state index contributed by atoms with van der Waals surface area (Å²) in [6, 6.07) is 0. The lowest BCUT2D eigenvalue weighted by Crippen LogP contribution is -2.24. The van der Waals surface area contributed by atoms with Gasteiger partial charge in [0.2, 0.25) is 0 Å². The lowest BCUT2D eigenvalue weighted by atomic mass is 10.1. The van der Waals surface area contributed by atoms with Crippen LogP contribution in [0.4, 0.5) is 0 Å². The fraction of sp³-hybridized carbons (Fsp3) is 0.889. The van der Waals surface area contributed by atoms with Crippen LogP contribution in [-0.2, 0) is 0 Å². The second kappa shape index (κ2) is 3.99. The monoisotopic (exact) mass is 233 g/mol. The largest absolute Gasteiger partial charge is 0.393 e. The summed E-state index contributed by atoms with van der Waals surface area (Å²) in [5, 5.41) is 0. The van der Waals surface area contributed by atoms with Crippen LogP contribution in [0.15, 0.2) is 0 Å². The van der Waals surface area contributed by atoms with Crippen molar-refractivity contribution in [3.05, 3.63) is 0 Å². The number of hydrogen-bond acceptors (Lipinski definition) is 3. The summed E-state index contributed by atoms with van der Waals surface area (Å²) in [5.41, 5.74) is 5.70. The first-order chi connectivity index (χ1) is 6.22. The molecular weight excluding hydrogens is 218 g/mol. The zero-order valence-corrected chi connectivity index (χ0v) is 10.1. The van der Waals surface area contributed by atoms with Gasteiger partial charge in [-0.05, 0) is 37.2 Å². The zero-order chi connectivity index (χ0) is 9.31. The van der Waals surface area contributed by atoms with Crippen molar-refractivity contribution in [2.45, 2.75) is 29.8 Å². The fourth-order valence-corrected chi connectivity index (χ4v) is 5.80. The number of thiocarbonyl (C=S) groups is 1. The second-order valence-electron chi connectivity index (χ2n) is 3.80. The molecule has 0 aromatic carbocycles. The standard InChI is InChI=1S/C9H15NS3/c10-8(11)7-2-3-9(6-7)12-4-1-5-13-9/h7H,1-6H2,(H2,10,11)/t7-/m1/s1. The Kier molecular flexibility index (Phi) is 3.11. The third-order valence-electron chi connectivity index (χ3n) is 2.85. The highest BCUT2D eigenvalue weighted by Crippen LogP contribution is 2.54. The van der Waals surface area contributed by atoms with E-state index in [9.17, 15) is 0 Å². The van der Waals surface area contributed by atoms with Gasteiger partial charge in [0.1, 0.15) is 0 Å². The molecule has 1 aliphatic heterocycles. The molecule has 1 aliphatic carbocycles. The minimum absolute atomic E-state index is 0.492. The molecule has 1 heterocycles. The Hall–Kier alpha value is 0.590. The van der Waals surface area contributed by atoms with E-state index in [1.54, 1.807) is 0 Å². The average Bonchev–Trinajstić information content (AvgIpc) is 2.51. The van der Waals surface area contributed by atoms with Crippen LogP contribution in [-0.4, -0.2) is 20.6 Å². The molecule has 0 aromatic rings. The summed E-state index contributed by atoms with van der Waals surface area (Å²) in [5.74, 6) is 3.18. The molecule has 0 bridgehead atoms. The Labute approximate surface area is 93.6 Å². The molecule has 1 saturated heterocycles.